The zero-order valence-electron chi connectivity index (χ0n) is 15.3. The second-order valence-electron chi connectivity index (χ2n) is 6.22. The number of nitrogens with zero attached hydrogens (tertiary/aromatic N) is 4. The molecular weight excluding hydrogens is 410 g/mol. The maximum absolute atomic E-state index is 12.8. The summed E-state index contributed by atoms with van der Waals surface area (Å²) in [5.74, 6) is 0. The van der Waals surface area contributed by atoms with E-state index in [4.69, 9.17) is 4.74 Å². The first-order valence-corrected chi connectivity index (χ1v) is 11.1. The Morgan fingerprint density at radius 1 is 1.21 bits per heavy atom. The van der Waals surface area contributed by atoms with Gasteiger partial charge in [-0.15, -0.1) is 11.3 Å². The molecule has 0 aliphatic carbocycles. The summed E-state index contributed by atoms with van der Waals surface area (Å²) in [6, 6.07) is 16.0. The van der Waals surface area contributed by atoms with Gasteiger partial charge in [-0.1, -0.05) is 18.2 Å². The molecule has 8 nitrogen and oxygen atoms in total. The molecule has 10 heteroatoms. The van der Waals surface area contributed by atoms with E-state index in [2.05, 4.69) is 15.5 Å². The summed E-state index contributed by atoms with van der Waals surface area (Å²) in [6.07, 6.45) is 0. The van der Waals surface area contributed by atoms with Gasteiger partial charge in [0, 0.05) is 13.1 Å². The highest BCUT2D eigenvalue weighted by Gasteiger charge is 2.26. The predicted octanol–water partition coefficient (Wildman–Crippen LogP) is 2.66. The Bertz CT molecular complexity index is 1170. The van der Waals surface area contributed by atoms with E-state index in [1.165, 1.54) is 21.7 Å². The fourth-order valence-electron chi connectivity index (χ4n) is 2.88. The lowest BCUT2D eigenvalue weighted by atomic mass is 10.3. The Labute approximate surface area is 172 Å². The second kappa shape index (κ2) is 8.26. The number of hydrogen-bond donors (Lipinski definition) is 1. The molecule has 0 bridgehead atoms. The van der Waals surface area contributed by atoms with E-state index in [-0.39, 0.29) is 10.6 Å². The molecule has 0 atom stereocenters. The van der Waals surface area contributed by atoms with E-state index in [1.807, 2.05) is 30.3 Å². The van der Waals surface area contributed by atoms with Gasteiger partial charge in [0.15, 0.2) is 10.7 Å². The minimum atomic E-state index is -3.61. The first-order valence-electron chi connectivity index (χ1n) is 8.85. The average Bonchev–Trinajstić information content (AvgIpc) is 3.19. The highest BCUT2D eigenvalue weighted by molar-refractivity contribution is 7.89. The van der Waals surface area contributed by atoms with E-state index in [1.54, 1.807) is 18.2 Å². The van der Waals surface area contributed by atoms with Gasteiger partial charge in [0.05, 0.1) is 34.0 Å². The number of sulfonamides is 1. The fraction of sp³-hybridized carbons (Fsp3) is 0.211. The molecule has 1 N–H and O–H groups in total. The molecule has 1 saturated heterocycles. The van der Waals surface area contributed by atoms with Crippen LogP contribution in [-0.4, -0.2) is 49.7 Å². The van der Waals surface area contributed by atoms with Crippen LogP contribution >= 0.6 is 11.3 Å². The van der Waals surface area contributed by atoms with Gasteiger partial charge in [-0.2, -0.15) is 14.7 Å². The molecule has 29 heavy (non-hydrogen) atoms. The molecule has 148 valence electrons. The standard InChI is InChI=1S/C19H17N5O3S2/c20-13-17(19-21-16-6-1-2-7-18(16)28-19)23-22-14-4-3-5-15(12-14)29(25,26)24-8-10-27-11-9-24/h1-7,12,22H,8-11H2/b23-17-. The highest BCUT2D eigenvalue weighted by atomic mass is 32.2. The second-order valence-corrected chi connectivity index (χ2v) is 9.18. The molecule has 3 aromatic rings. The molecule has 0 spiro atoms. The van der Waals surface area contributed by atoms with Crippen LogP contribution in [0.5, 0.6) is 0 Å². The number of benzene rings is 2. The minimum absolute atomic E-state index is 0.132. The van der Waals surface area contributed by atoms with Gasteiger partial charge in [-0.3, -0.25) is 5.43 Å². The lowest BCUT2D eigenvalue weighted by molar-refractivity contribution is 0.0730. The number of morpholine rings is 1. The van der Waals surface area contributed by atoms with Crippen LogP contribution in [-0.2, 0) is 14.8 Å². The third-order valence-electron chi connectivity index (χ3n) is 4.34. The quantitative estimate of drug-likeness (QED) is 0.495. The van der Waals surface area contributed by atoms with E-state index in [9.17, 15) is 13.7 Å². The van der Waals surface area contributed by atoms with Gasteiger partial charge in [-0.05, 0) is 30.3 Å². The first kappa shape index (κ1) is 19.5. The van der Waals surface area contributed by atoms with Crippen molar-refractivity contribution in [2.24, 2.45) is 5.10 Å². The van der Waals surface area contributed by atoms with Crippen LogP contribution in [0.3, 0.4) is 0 Å². The molecule has 2 heterocycles. The Morgan fingerprint density at radius 3 is 2.76 bits per heavy atom. The molecule has 1 aliphatic heterocycles. The number of ether oxygens (including phenoxy) is 1. The molecule has 0 amide bonds. The number of fused-ring (bicyclic) bond motifs is 1. The first-order chi connectivity index (χ1) is 14.1. The largest absolute Gasteiger partial charge is 0.379 e. The summed E-state index contributed by atoms with van der Waals surface area (Å²) < 4.78 is 33.2. The van der Waals surface area contributed by atoms with Crippen LogP contribution in [0.4, 0.5) is 5.69 Å². The zero-order valence-corrected chi connectivity index (χ0v) is 16.9. The van der Waals surface area contributed by atoms with Gasteiger partial charge < -0.3 is 4.74 Å². The number of nitrogens with one attached hydrogen (secondary N) is 1. The Balaban J connectivity index is 1.57. The Kier molecular flexibility index (Phi) is 5.55. The Morgan fingerprint density at radius 2 is 2.00 bits per heavy atom. The van der Waals surface area contributed by atoms with Crippen LogP contribution in [0.25, 0.3) is 10.2 Å². The predicted molar refractivity (Wildman–Crippen MR) is 111 cm³/mol. The van der Waals surface area contributed by atoms with Crippen molar-refractivity contribution in [3.8, 4) is 6.07 Å². The third-order valence-corrected chi connectivity index (χ3v) is 7.28. The smallest absolute Gasteiger partial charge is 0.243 e. The molecule has 1 aliphatic rings. The SMILES string of the molecule is N#C/C(=N/Nc1cccc(S(=O)(=O)N2CCOCC2)c1)c1nc2ccccc2s1. The van der Waals surface area contributed by atoms with Crippen molar-refractivity contribution < 1.29 is 13.2 Å². The third kappa shape index (κ3) is 4.13. The Hall–Kier alpha value is -2.84. The molecule has 0 radical (unpaired) electrons. The van der Waals surface area contributed by atoms with E-state index < -0.39 is 10.0 Å². The van der Waals surface area contributed by atoms with Gasteiger partial charge in [0.2, 0.25) is 10.0 Å². The lowest BCUT2D eigenvalue weighted by Crippen LogP contribution is -2.40. The fourth-order valence-corrected chi connectivity index (χ4v) is 5.24. The van der Waals surface area contributed by atoms with Gasteiger partial charge in [-0.25, -0.2) is 13.4 Å². The number of hydrazone groups is 1. The van der Waals surface area contributed by atoms with Crippen LogP contribution < -0.4 is 5.43 Å². The topological polar surface area (TPSA) is 108 Å². The minimum Gasteiger partial charge on any atom is -0.379 e. The van der Waals surface area contributed by atoms with E-state index in [0.29, 0.717) is 37.0 Å². The van der Waals surface area contributed by atoms with Gasteiger partial charge in [0.1, 0.15) is 6.07 Å². The molecule has 0 unspecified atom stereocenters. The molecular formula is C19H17N5O3S2. The monoisotopic (exact) mass is 427 g/mol. The number of anilines is 1. The number of para-hydroxylation sites is 1. The summed E-state index contributed by atoms with van der Waals surface area (Å²) in [6.45, 7) is 1.42. The molecule has 0 saturated carbocycles. The van der Waals surface area contributed by atoms with Gasteiger partial charge >= 0.3 is 0 Å². The van der Waals surface area contributed by atoms with Crippen LogP contribution in [0, 0.1) is 11.3 Å². The van der Waals surface area contributed by atoms with Crippen molar-refractivity contribution in [1.82, 2.24) is 9.29 Å². The van der Waals surface area contributed by atoms with Crippen LogP contribution in [0.2, 0.25) is 0 Å². The number of rotatable bonds is 5. The van der Waals surface area contributed by atoms with Crippen molar-refractivity contribution >= 4 is 43.0 Å². The highest BCUT2D eigenvalue weighted by Crippen LogP contribution is 2.23. The number of aromatic nitrogens is 1. The summed E-state index contributed by atoms with van der Waals surface area (Å²) in [4.78, 5) is 4.59. The number of thiazole rings is 1. The van der Waals surface area contributed by atoms with Crippen molar-refractivity contribution in [3.05, 3.63) is 53.5 Å². The van der Waals surface area contributed by atoms with Gasteiger partial charge in [0.25, 0.3) is 0 Å². The zero-order chi connectivity index (χ0) is 20.3. The number of hydrogen-bond acceptors (Lipinski definition) is 8. The van der Waals surface area contributed by atoms with Crippen molar-refractivity contribution in [2.45, 2.75) is 4.90 Å². The number of nitriles is 1. The summed E-state index contributed by atoms with van der Waals surface area (Å²) in [5.41, 5.74) is 4.18. The summed E-state index contributed by atoms with van der Waals surface area (Å²) in [7, 11) is -3.61. The lowest BCUT2D eigenvalue weighted by Gasteiger charge is -2.26. The molecule has 1 fully saturated rings. The maximum Gasteiger partial charge on any atom is 0.243 e. The normalized spacial score (nSPS) is 15.9. The van der Waals surface area contributed by atoms with Crippen LogP contribution in [0.15, 0.2) is 58.5 Å². The van der Waals surface area contributed by atoms with Crippen molar-refractivity contribution in [1.29, 1.82) is 5.26 Å². The molecule has 2 aromatic carbocycles. The average molecular weight is 428 g/mol. The summed E-state index contributed by atoms with van der Waals surface area (Å²) >= 11 is 1.37. The maximum atomic E-state index is 12.8. The molecule has 1 aromatic heterocycles. The summed E-state index contributed by atoms with van der Waals surface area (Å²) in [5, 5.41) is 14.1. The van der Waals surface area contributed by atoms with E-state index >= 15 is 0 Å². The van der Waals surface area contributed by atoms with Crippen LogP contribution in [0.1, 0.15) is 5.01 Å². The molecule has 4 rings (SSSR count). The van der Waals surface area contributed by atoms with E-state index in [0.717, 1.165) is 10.2 Å². The van der Waals surface area contributed by atoms with Crippen molar-refractivity contribution in [2.75, 3.05) is 31.7 Å². The van der Waals surface area contributed by atoms with Crippen molar-refractivity contribution in [3.63, 3.8) is 0 Å².